The zero-order valence-electron chi connectivity index (χ0n) is 11.4. The van der Waals surface area contributed by atoms with Crippen molar-refractivity contribution in [2.75, 3.05) is 7.11 Å². The molecule has 1 aliphatic carbocycles. The fourth-order valence-electron chi connectivity index (χ4n) is 2.87. The van der Waals surface area contributed by atoms with Crippen LogP contribution < -0.4 is 0 Å². The van der Waals surface area contributed by atoms with E-state index in [-0.39, 0.29) is 5.97 Å². The van der Waals surface area contributed by atoms with Crippen LogP contribution in [-0.4, -0.2) is 13.1 Å². The molecule has 0 radical (unpaired) electrons. The topological polar surface area (TPSA) is 26.3 Å². The molecule has 0 aromatic heterocycles. The van der Waals surface area contributed by atoms with Gasteiger partial charge >= 0.3 is 5.97 Å². The first-order chi connectivity index (χ1) is 8.74. The van der Waals surface area contributed by atoms with Gasteiger partial charge in [0.05, 0.1) is 13.5 Å². The molecule has 0 bridgehead atoms. The van der Waals surface area contributed by atoms with Crippen molar-refractivity contribution in [2.24, 2.45) is 0 Å². The van der Waals surface area contributed by atoms with Crippen LogP contribution in [-0.2, 0) is 22.4 Å². The zero-order chi connectivity index (χ0) is 13.0. The number of rotatable bonds is 5. The summed E-state index contributed by atoms with van der Waals surface area (Å²) in [5, 5.41) is 0. The van der Waals surface area contributed by atoms with Gasteiger partial charge in [-0.3, -0.25) is 4.79 Å². The largest absolute Gasteiger partial charge is 0.469 e. The Kier molecular flexibility index (Phi) is 4.40. The second-order valence-electron chi connectivity index (χ2n) is 5.15. The number of hydrogen-bond acceptors (Lipinski definition) is 2. The van der Waals surface area contributed by atoms with Crippen LogP contribution in [0.15, 0.2) is 18.2 Å². The second kappa shape index (κ2) is 6.03. The van der Waals surface area contributed by atoms with Crippen LogP contribution in [0.5, 0.6) is 0 Å². The number of hydrogen-bond donors (Lipinski definition) is 0. The van der Waals surface area contributed by atoms with Crippen molar-refractivity contribution in [1.82, 2.24) is 0 Å². The van der Waals surface area contributed by atoms with Gasteiger partial charge in [-0.2, -0.15) is 0 Å². The first kappa shape index (κ1) is 13.1. The first-order valence-corrected chi connectivity index (χ1v) is 6.93. The molecule has 18 heavy (non-hydrogen) atoms. The molecule has 1 aliphatic rings. The molecular weight excluding hydrogens is 224 g/mol. The maximum Gasteiger partial charge on any atom is 0.306 e. The maximum atomic E-state index is 11.5. The minimum Gasteiger partial charge on any atom is -0.469 e. The van der Waals surface area contributed by atoms with Gasteiger partial charge in [-0.15, -0.1) is 0 Å². The lowest BCUT2D eigenvalue weighted by molar-refractivity contribution is -0.141. The number of aryl methyl sites for hydroxylation is 2. The number of benzene rings is 1. The summed E-state index contributed by atoms with van der Waals surface area (Å²) >= 11 is 0. The molecular formula is C16H22O2. The van der Waals surface area contributed by atoms with Gasteiger partial charge in [0.2, 0.25) is 0 Å². The standard InChI is InChI=1S/C16H22O2/c1-3-5-13(11-16(17)18-2)15-9-8-12-6-4-7-14(12)10-15/h8-10,13H,3-7,11H2,1-2H3. The molecule has 0 spiro atoms. The molecule has 1 atom stereocenters. The smallest absolute Gasteiger partial charge is 0.306 e. The summed E-state index contributed by atoms with van der Waals surface area (Å²) in [5.74, 6) is 0.210. The molecule has 1 aromatic carbocycles. The Hall–Kier alpha value is -1.31. The van der Waals surface area contributed by atoms with Crippen LogP contribution >= 0.6 is 0 Å². The summed E-state index contributed by atoms with van der Waals surface area (Å²) in [6.45, 7) is 2.16. The number of esters is 1. The molecule has 0 saturated carbocycles. The van der Waals surface area contributed by atoms with E-state index in [4.69, 9.17) is 4.74 Å². The van der Waals surface area contributed by atoms with Gasteiger partial charge in [0.25, 0.3) is 0 Å². The normalized spacial score (nSPS) is 15.2. The van der Waals surface area contributed by atoms with Crippen molar-refractivity contribution >= 4 is 5.97 Å². The molecule has 0 N–H and O–H groups in total. The lowest BCUT2D eigenvalue weighted by Gasteiger charge is -2.16. The Labute approximate surface area is 109 Å². The average Bonchev–Trinajstić information content (AvgIpc) is 2.85. The predicted molar refractivity (Wildman–Crippen MR) is 72.7 cm³/mol. The Morgan fingerprint density at radius 2 is 2.11 bits per heavy atom. The second-order valence-corrected chi connectivity index (χ2v) is 5.15. The highest BCUT2D eigenvalue weighted by Crippen LogP contribution is 2.30. The van der Waals surface area contributed by atoms with E-state index in [0.717, 1.165) is 12.8 Å². The van der Waals surface area contributed by atoms with Crippen molar-refractivity contribution in [1.29, 1.82) is 0 Å². The molecule has 2 nitrogen and oxygen atoms in total. The van der Waals surface area contributed by atoms with Gasteiger partial charge in [0.15, 0.2) is 0 Å². The molecule has 2 heteroatoms. The predicted octanol–water partition coefficient (Wildman–Crippen LogP) is 3.62. The van der Waals surface area contributed by atoms with Crippen LogP contribution in [0, 0.1) is 0 Å². The Balaban J connectivity index is 2.17. The quantitative estimate of drug-likeness (QED) is 0.742. The Morgan fingerprint density at radius 3 is 2.83 bits per heavy atom. The number of carbonyl (C=O) groups excluding carboxylic acids is 1. The number of fused-ring (bicyclic) bond motifs is 1. The monoisotopic (exact) mass is 246 g/mol. The van der Waals surface area contributed by atoms with Crippen LogP contribution in [0.1, 0.15) is 55.2 Å². The first-order valence-electron chi connectivity index (χ1n) is 6.93. The van der Waals surface area contributed by atoms with Crippen LogP contribution in [0.2, 0.25) is 0 Å². The van der Waals surface area contributed by atoms with E-state index in [1.807, 2.05) is 0 Å². The van der Waals surface area contributed by atoms with Crippen molar-refractivity contribution in [3.05, 3.63) is 34.9 Å². The molecule has 0 heterocycles. The summed E-state index contributed by atoms with van der Waals surface area (Å²) in [4.78, 5) is 11.5. The average molecular weight is 246 g/mol. The third kappa shape index (κ3) is 2.92. The highest BCUT2D eigenvalue weighted by atomic mass is 16.5. The van der Waals surface area contributed by atoms with Crippen LogP contribution in [0.3, 0.4) is 0 Å². The van der Waals surface area contributed by atoms with Crippen LogP contribution in [0.25, 0.3) is 0 Å². The third-order valence-electron chi connectivity index (χ3n) is 3.87. The van der Waals surface area contributed by atoms with Gasteiger partial charge in [0, 0.05) is 0 Å². The third-order valence-corrected chi connectivity index (χ3v) is 3.87. The van der Waals surface area contributed by atoms with E-state index in [1.54, 1.807) is 0 Å². The minimum atomic E-state index is -0.103. The Bertz CT molecular complexity index is 423. The van der Waals surface area contributed by atoms with E-state index < -0.39 is 0 Å². The van der Waals surface area contributed by atoms with Crippen LogP contribution in [0.4, 0.5) is 0 Å². The SMILES string of the molecule is CCCC(CC(=O)OC)c1ccc2c(c1)CCC2. The molecule has 0 fully saturated rings. The maximum absolute atomic E-state index is 11.5. The van der Waals surface area contributed by atoms with E-state index in [2.05, 4.69) is 25.1 Å². The summed E-state index contributed by atoms with van der Waals surface area (Å²) in [5.41, 5.74) is 4.29. The van der Waals surface area contributed by atoms with E-state index in [0.29, 0.717) is 12.3 Å². The molecule has 0 amide bonds. The van der Waals surface area contributed by atoms with Gasteiger partial charge < -0.3 is 4.74 Å². The van der Waals surface area contributed by atoms with Crippen molar-refractivity contribution in [3.8, 4) is 0 Å². The van der Waals surface area contributed by atoms with E-state index in [9.17, 15) is 4.79 Å². The van der Waals surface area contributed by atoms with Crippen molar-refractivity contribution in [2.45, 2.75) is 51.4 Å². The van der Waals surface area contributed by atoms with Crippen molar-refractivity contribution < 1.29 is 9.53 Å². The summed E-state index contributed by atoms with van der Waals surface area (Å²) in [6, 6.07) is 6.76. The molecule has 1 unspecified atom stereocenters. The van der Waals surface area contributed by atoms with Gasteiger partial charge in [-0.25, -0.2) is 0 Å². The summed E-state index contributed by atoms with van der Waals surface area (Å²) < 4.78 is 4.80. The molecule has 1 aromatic rings. The highest BCUT2D eigenvalue weighted by Gasteiger charge is 2.18. The van der Waals surface area contributed by atoms with Gasteiger partial charge in [0.1, 0.15) is 0 Å². The van der Waals surface area contributed by atoms with Crippen molar-refractivity contribution in [3.63, 3.8) is 0 Å². The van der Waals surface area contributed by atoms with E-state index >= 15 is 0 Å². The lowest BCUT2D eigenvalue weighted by Crippen LogP contribution is -2.09. The molecule has 2 rings (SSSR count). The lowest BCUT2D eigenvalue weighted by atomic mass is 9.89. The fraction of sp³-hybridized carbons (Fsp3) is 0.562. The molecule has 0 saturated heterocycles. The van der Waals surface area contributed by atoms with Gasteiger partial charge in [-0.05, 0) is 48.3 Å². The summed E-state index contributed by atoms with van der Waals surface area (Å²) in [7, 11) is 1.47. The number of methoxy groups -OCH3 is 1. The molecule has 0 aliphatic heterocycles. The summed E-state index contributed by atoms with van der Waals surface area (Å²) in [6.07, 6.45) is 6.33. The Morgan fingerprint density at radius 1 is 1.33 bits per heavy atom. The van der Waals surface area contributed by atoms with Gasteiger partial charge in [-0.1, -0.05) is 31.5 Å². The zero-order valence-corrected chi connectivity index (χ0v) is 11.4. The highest BCUT2D eigenvalue weighted by molar-refractivity contribution is 5.70. The molecule has 98 valence electrons. The minimum absolute atomic E-state index is 0.103. The number of ether oxygens (including phenoxy) is 1. The fourth-order valence-corrected chi connectivity index (χ4v) is 2.87. The van der Waals surface area contributed by atoms with E-state index in [1.165, 1.54) is 43.1 Å². The number of carbonyl (C=O) groups is 1.